The van der Waals surface area contributed by atoms with Crippen molar-refractivity contribution in [3.63, 3.8) is 0 Å². The maximum atomic E-state index is 12.9. The molecule has 0 fully saturated rings. The van der Waals surface area contributed by atoms with E-state index in [0.717, 1.165) is 29.0 Å². The molecule has 1 heterocycles. The van der Waals surface area contributed by atoms with Crippen LogP contribution in [0.25, 0.3) is 0 Å². The summed E-state index contributed by atoms with van der Waals surface area (Å²) in [5, 5.41) is 0. The molecule has 0 spiro atoms. The number of ketones is 1. The van der Waals surface area contributed by atoms with E-state index in [2.05, 4.69) is 4.98 Å². The van der Waals surface area contributed by atoms with Crippen molar-refractivity contribution in [1.82, 2.24) is 4.98 Å². The highest BCUT2D eigenvalue weighted by molar-refractivity contribution is 6.03. The molecule has 0 saturated carbocycles. The first kappa shape index (κ1) is 19.2. The Kier molecular flexibility index (Phi) is 5.99. The summed E-state index contributed by atoms with van der Waals surface area (Å²) in [6.07, 6.45) is 2.73. The molecule has 2 aromatic rings. The van der Waals surface area contributed by atoms with E-state index in [0.29, 0.717) is 43.7 Å². The van der Waals surface area contributed by atoms with Gasteiger partial charge >= 0.3 is 5.97 Å². The molecule has 27 heavy (non-hydrogen) atoms. The van der Waals surface area contributed by atoms with Gasteiger partial charge < -0.3 is 14.5 Å². The number of rotatable bonds is 7. The van der Waals surface area contributed by atoms with Gasteiger partial charge in [-0.05, 0) is 55.9 Å². The van der Waals surface area contributed by atoms with Gasteiger partial charge in [-0.15, -0.1) is 0 Å². The average Bonchev–Trinajstić information content (AvgIpc) is 3.02. The molecule has 0 radical (unpaired) electrons. The fraction of sp³-hybridized carbons (Fsp3) is 0.455. The molecular weight excluding hydrogens is 342 g/mol. The molecule has 1 aliphatic rings. The monoisotopic (exact) mass is 369 g/mol. The average molecular weight is 369 g/mol. The number of H-pyrrole nitrogens is 1. The molecule has 1 aliphatic carbocycles. The van der Waals surface area contributed by atoms with E-state index in [1.807, 2.05) is 38.1 Å². The van der Waals surface area contributed by atoms with Gasteiger partial charge in [0.05, 0.1) is 13.2 Å². The van der Waals surface area contributed by atoms with Gasteiger partial charge in [-0.1, -0.05) is 25.5 Å². The second kappa shape index (κ2) is 8.42. The predicted molar refractivity (Wildman–Crippen MR) is 104 cm³/mol. The third-order valence-electron chi connectivity index (χ3n) is 4.98. The molecule has 1 aromatic carbocycles. The van der Waals surface area contributed by atoms with Crippen molar-refractivity contribution in [3.8, 4) is 5.75 Å². The molecular formula is C22H27NO4. The van der Waals surface area contributed by atoms with Gasteiger partial charge in [0.1, 0.15) is 11.4 Å². The smallest absolute Gasteiger partial charge is 0.355 e. The summed E-state index contributed by atoms with van der Waals surface area (Å²) in [7, 11) is 0. The van der Waals surface area contributed by atoms with Crippen LogP contribution in [0.5, 0.6) is 5.75 Å². The zero-order valence-electron chi connectivity index (χ0n) is 16.3. The number of carbonyl (C=O) groups is 2. The van der Waals surface area contributed by atoms with E-state index < -0.39 is 0 Å². The van der Waals surface area contributed by atoms with E-state index in [9.17, 15) is 9.59 Å². The maximum absolute atomic E-state index is 12.9. The number of esters is 1. The van der Waals surface area contributed by atoms with Crippen molar-refractivity contribution in [1.29, 1.82) is 0 Å². The number of aromatic nitrogens is 1. The molecule has 0 saturated heterocycles. The number of nitrogens with one attached hydrogen (secondary N) is 1. The van der Waals surface area contributed by atoms with Crippen molar-refractivity contribution in [2.75, 3.05) is 13.2 Å². The SMILES string of the molecule is CCCc1c(C(=O)OCC)[nH]c2c1C(=O)CC(c1ccc(OCC)cc1)C2. The zero-order valence-corrected chi connectivity index (χ0v) is 16.3. The molecule has 5 nitrogen and oxygen atoms in total. The van der Waals surface area contributed by atoms with Crippen LogP contribution in [0, 0.1) is 0 Å². The van der Waals surface area contributed by atoms with E-state index >= 15 is 0 Å². The van der Waals surface area contributed by atoms with Crippen molar-refractivity contribution in [2.45, 2.75) is 52.4 Å². The summed E-state index contributed by atoms with van der Waals surface area (Å²) in [6.45, 7) is 6.73. The molecule has 1 atom stereocenters. The molecule has 0 amide bonds. The van der Waals surface area contributed by atoms with Gasteiger partial charge in [-0.2, -0.15) is 0 Å². The van der Waals surface area contributed by atoms with Crippen molar-refractivity contribution >= 4 is 11.8 Å². The van der Waals surface area contributed by atoms with E-state index in [1.165, 1.54) is 0 Å². The van der Waals surface area contributed by atoms with Crippen LogP contribution >= 0.6 is 0 Å². The number of hydrogen-bond donors (Lipinski definition) is 1. The van der Waals surface area contributed by atoms with Crippen LogP contribution in [-0.4, -0.2) is 30.0 Å². The first-order valence-electron chi connectivity index (χ1n) is 9.75. The number of benzene rings is 1. The Hall–Kier alpha value is -2.56. The first-order chi connectivity index (χ1) is 13.1. The lowest BCUT2D eigenvalue weighted by Crippen LogP contribution is -2.19. The molecule has 0 aliphatic heterocycles. The summed E-state index contributed by atoms with van der Waals surface area (Å²) < 4.78 is 10.7. The van der Waals surface area contributed by atoms with Gasteiger partial charge in [0.15, 0.2) is 5.78 Å². The molecule has 0 bridgehead atoms. The topological polar surface area (TPSA) is 68.4 Å². The highest BCUT2D eigenvalue weighted by Crippen LogP contribution is 2.36. The van der Waals surface area contributed by atoms with Crippen molar-refractivity contribution < 1.29 is 19.1 Å². The van der Waals surface area contributed by atoms with Crippen LogP contribution in [0.3, 0.4) is 0 Å². The molecule has 3 rings (SSSR count). The normalized spacial score (nSPS) is 16.1. The maximum Gasteiger partial charge on any atom is 0.355 e. The number of fused-ring (bicyclic) bond motifs is 1. The molecule has 5 heteroatoms. The highest BCUT2D eigenvalue weighted by Gasteiger charge is 2.33. The minimum atomic E-state index is -0.374. The Labute approximate surface area is 160 Å². The number of carbonyl (C=O) groups excluding carboxylic acids is 2. The van der Waals surface area contributed by atoms with Crippen LogP contribution in [0.2, 0.25) is 0 Å². The van der Waals surface area contributed by atoms with Crippen LogP contribution in [0.4, 0.5) is 0 Å². The van der Waals surface area contributed by atoms with E-state index in [4.69, 9.17) is 9.47 Å². The van der Waals surface area contributed by atoms with E-state index in [-0.39, 0.29) is 17.7 Å². The summed E-state index contributed by atoms with van der Waals surface area (Å²) in [5.41, 5.74) is 3.95. The fourth-order valence-corrected chi connectivity index (χ4v) is 3.85. The van der Waals surface area contributed by atoms with Gasteiger partial charge in [-0.3, -0.25) is 4.79 Å². The standard InChI is InChI=1S/C22H27NO4/c1-4-7-17-20-18(23-21(17)22(25)27-6-3)12-15(13-19(20)24)14-8-10-16(11-9-14)26-5-2/h8-11,15,23H,4-7,12-13H2,1-3H3. The fourth-order valence-electron chi connectivity index (χ4n) is 3.85. The van der Waals surface area contributed by atoms with Gasteiger partial charge in [0, 0.05) is 17.7 Å². The third-order valence-corrected chi connectivity index (χ3v) is 4.98. The minimum Gasteiger partial charge on any atom is -0.494 e. The third kappa shape index (κ3) is 3.92. The van der Waals surface area contributed by atoms with Crippen molar-refractivity contribution in [2.24, 2.45) is 0 Å². The Balaban J connectivity index is 1.91. The molecule has 1 aromatic heterocycles. The molecule has 1 N–H and O–H groups in total. The van der Waals surface area contributed by atoms with Gasteiger partial charge in [0.2, 0.25) is 0 Å². The minimum absolute atomic E-state index is 0.101. The van der Waals surface area contributed by atoms with Crippen molar-refractivity contribution in [3.05, 3.63) is 52.3 Å². The summed E-state index contributed by atoms with van der Waals surface area (Å²) >= 11 is 0. The quantitative estimate of drug-likeness (QED) is 0.732. The lowest BCUT2D eigenvalue weighted by molar-refractivity contribution is 0.0518. The van der Waals surface area contributed by atoms with Crippen LogP contribution < -0.4 is 4.74 Å². The molecule has 144 valence electrons. The van der Waals surface area contributed by atoms with E-state index in [1.54, 1.807) is 6.92 Å². The van der Waals surface area contributed by atoms with Crippen LogP contribution in [0.15, 0.2) is 24.3 Å². The number of aromatic amines is 1. The Bertz CT molecular complexity index is 820. The second-order valence-corrected chi connectivity index (χ2v) is 6.83. The summed E-state index contributed by atoms with van der Waals surface area (Å²) in [4.78, 5) is 28.5. The lowest BCUT2D eigenvalue weighted by atomic mass is 9.81. The number of ether oxygens (including phenoxy) is 2. The largest absolute Gasteiger partial charge is 0.494 e. The van der Waals surface area contributed by atoms with Crippen LogP contribution in [-0.2, 0) is 17.6 Å². The summed E-state index contributed by atoms with van der Waals surface area (Å²) in [6, 6.07) is 7.94. The Morgan fingerprint density at radius 3 is 2.48 bits per heavy atom. The zero-order chi connectivity index (χ0) is 19.4. The Morgan fingerprint density at radius 2 is 1.85 bits per heavy atom. The lowest BCUT2D eigenvalue weighted by Gasteiger charge is -2.22. The Morgan fingerprint density at radius 1 is 1.11 bits per heavy atom. The molecule has 1 unspecified atom stereocenters. The van der Waals surface area contributed by atoms with Gasteiger partial charge in [-0.25, -0.2) is 4.79 Å². The number of hydrogen-bond acceptors (Lipinski definition) is 4. The summed E-state index contributed by atoms with van der Waals surface area (Å²) in [5.74, 6) is 0.661. The number of Topliss-reactive ketones (excluding diaryl/α,β-unsaturated/α-hetero) is 1. The first-order valence-corrected chi connectivity index (χ1v) is 9.75. The second-order valence-electron chi connectivity index (χ2n) is 6.83. The predicted octanol–water partition coefficient (Wildman–Crippen LogP) is 4.46. The highest BCUT2D eigenvalue weighted by atomic mass is 16.5. The van der Waals surface area contributed by atoms with Crippen LogP contribution in [0.1, 0.15) is 77.2 Å². The van der Waals surface area contributed by atoms with Gasteiger partial charge in [0.25, 0.3) is 0 Å².